The number of ether oxygens (including phenoxy) is 4. The van der Waals surface area contributed by atoms with Crippen LogP contribution in [0.4, 0.5) is 0 Å². The van der Waals surface area contributed by atoms with Crippen molar-refractivity contribution in [2.24, 2.45) is 0 Å². The molecule has 0 aliphatic carbocycles. The smallest absolute Gasteiger partial charge is 0.244 e. The van der Waals surface area contributed by atoms with E-state index in [4.69, 9.17) is 18.9 Å². The Bertz CT molecular complexity index is 583. The van der Waals surface area contributed by atoms with E-state index in [9.17, 15) is 8.42 Å². The first kappa shape index (κ1) is 17.0. The molecular weight excluding hydrogens is 310 g/mol. The van der Waals surface area contributed by atoms with E-state index in [-0.39, 0.29) is 23.5 Å². The molecule has 0 spiro atoms. The molecule has 1 aliphatic rings. The molecule has 1 aliphatic heterocycles. The monoisotopic (exact) mass is 331 g/mol. The summed E-state index contributed by atoms with van der Waals surface area (Å²) in [4.78, 5) is 0.0706. The van der Waals surface area contributed by atoms with Crippen molar-refractivity contribution >= 4 is 10.0 Å². The first-order valence-corrected chi connectivity index (χ1v) is 8.50. The molecule has 0 amide bonds. The van der Waals surface area contributed by atoms with Crippen molar-refractivity contribution in [2.75, 3.05) is 34.0 Å². The van der Waals surface area contributed by atoms with Crippen molar-refractivity contribution < 1.29 is 27.4 Å². The van der Waals surface area contributed by atoms with Gasteiger partial charge in [0.1, 0.15) is 16.4 Å². The van der Waals surface area contributed by atoms with Crippen molar-refractivity contribution in [1.29, 1.82) is 0 Å². The largest absolute Gasteiger partial charge is 0.497 e. The summed E-state index contributed by atoms with van der Waals surface area (Å²) in [5, 5.41) is 0. The standard InChI is InChI=1S/C14H21NO6S/c1-18-11-4-5-13(12(10-11)19-2)22(16,17)15-7-6-14-20-8-3-9-21-14/h4-5,10,14-15H,3,6-9H2,1-2H3. The molecule has 7 nitrogen and oxygen atoms in total. The van der Waals surface area contributed by atoms with E-state index in [0.29, 0.717) is 25.4 Å². The third-order valence-corrected chi connectivity index (χ3v) is 4.73. The van der Waals surface area contributed by atoms with Gasteiger partial charge in [-0.3, -0.25) is 0 Å². The maximum absolute atomic E-state index is 12.3. The average Bonchev–Trinajstić information content (AvgIpc) is 2.55. The Hall–Kier alpha value is -1.35. The van der Waals surface area contributed by atoms with Gasteiger partial charge in [0.2, 0.25) is 10.0 Å². The molecule has 1 aromatic rings. The van der Waals surface area contributed by atoms with Crippen LogP contribution in [0.2, 0.25) is 0 Å². The minimum Gasteiger partial charge on any atom is -0.497 e. The third-order valence-electron chi connectivity index (χ3n) is 3.23. The molecule has 0 radical (unpaired) electrons. The molecule has 0 saturated carbocycles. The molecule has 0 bridgehead atoms. The van der Waals surface area contributed by atoms with Crippen molar-refractivity contribution in [3.8, 4) is 11.5 Å². The summed E-state index contributed by atoms with van der Waals surface area (Å²) >= 11 is 0. The van der Waals surface area contributed by atoms with E-state index in [2.05, 4.69) is 4.72 Å². The van der Waals surface area contributed by atoms with E-state index in [1.54, 1.807) is 6.07 Å². The van der Waals surface area contributed by atoms with Gasteiger partial charge in [0.15, 0.2) is 6.29 Å². The van der Waals surface area contributed by atoms with Gasteiger partial charge in [-0.25, -0.2) is 13.1 Å². The van der Waals surface area contributed by atoms with Crippen LogP contribution in [0, 0.1) is 0 Å². The molecule has 1 aromatic carbocycles. The van der Waals surface area contributed by atoms with Crippen LogP contribution in [0.25, 0.3) is 0 Å². The molecule has 22 heavy (non-hydrogen) atoms. The summed E-state index contributed by atoms with van der Waals surface area (Å²) in [7, 11) is -0.751. The van der Waals surface area contributed by atoms with Crippen LogP contribution in [-0.2, 0) is 19.5 Å². The van der Waals surface area contributed by atoms with Gasteiger partial charge in [0.25, 0.3) is 0 Å². The molecule has 124 valence electrons. The quantitative estimate of drug-likeness (QED) is 0.806. The summed E-state index contributed by atoms with van der Waals surface area (Å²) in [5.41, 5.74) is 0. The minimum absolute atomic E-state index is 0.0706. The molecule has 8 heteroatoms. The molecule has 1 saturated heterocycles. The van der Waals surface area contributed by atoms with E-state index < -0.39 is 10.0 Å². The van der Waals surface area contributed by atoms with Gasteiger partial charge in [0, 0.05) is 19.0 Å². The number of methoxy groups -OCH3 is 2. The number of hydrogen-bond donors (Lipinski definition) is 1. The van der Waals surface area contributed by atoms with Gasteiger partial charge in [-0.1, -0.05) is 0 Å². The molecule has 1 heterocycles. The fraction of sp³-hybridized carbons (Fsp3) is 0.571. The minimum atomic E-state index is -3.67. The van der Waals surface area contributed by atoms with E-state index in [0.717, 1.165) is 6.42 Å². The van der Waals surface area contributed by atoms with Crippen molar-refractivity contribution in [3.63, 3.8) is 0 Å². The Balaban J connectivity index is 2.00. The topological polar surface area (TPSA) is 83.1 Å². The third kappa shape index (κ3) is 4.33. The zero-order chi connectivity index (χ0) is 16.0. The summed E-state index contributed by atoms with van der Waals surface area (Å²) in [6.45, 7) is 1.51. The highest BCUT2D eigenvalue weighted by Gasteiger charge is 2.21. The van der Waals surface area contributed by atoms with Crippen LogP contribution in [0.5, 0.6) is 11.5 Å². The summed E-state index contributed by atoms with van der Waals surface area (Å²) in [6, 6.07) is 4.56. The molecular formula is C14H21NO6S. The molecule has 0 atom stereocenters. The maximum Gasteiger partial charge on any atom is 0.244 e. The Morgan fingerprint density at radius 1 is 1.23 bits per heavy atom. The molecule has 0 aromatic heterocycles. The van der Waals surface area contributed by atoms with Gasteiger partial charge < -0.3 is 18.9 Å². The van der Waals surface area contributed by atoms with Crippen LogP contribution < -0.4 is 14.2 Å². The fourth-order valence-corrected chi connectivity index (χ4v) is 3.29. The maximum atomic E-state index is 12.3. The van der Waals surface area contributed by atoms with E-state index in [1.807, 2.05) is 0 Å². The first-order chi connectivity index (χ1) is 10.6. The normalized spacial score (nSPS) is 16.5. The average molecular weight is 331 g/mol. The predicted molar refractivity (Wildman–Crippen MR) is 79.7 cm³/mol. The fourth-order valence-electron chi connectivity index (χ4n) is 2.09. The second-order valence-corrected chi connectivity index (χ2v) is 6.46. The SMILES string of the molecule is COc1ccc(S(=O)(=O)NCCC2OCCCO2)c(OC)c1. The second kappa shape index (κ2) is 7.77. The van der Waals surface area contributed by atoms with Gasteiger partial charge in [-0.15, -0.1) is 0 Å². The lowest BCUT2D eigenvalue weighted by molar-refractivity contribution is -0.180. The highest BCUT2D eigenvalue weighted by atomic mass is 32.2. The highest BCUT2D eigenvalue weighted by Crippen LogP contribution is 2.28. The Labute approximate surface area is 130 Å². The van der Waals surface area contributed by atoms with Crippen molar-refractivity contribution in [3.05, 3.63) is 18.2 Å². The molecule has 2 rings (SSSR count). The Kier molecular flexibility index (Phi) is 6.01. The Morgan fingerprint density at radius 2 is 1.95 bits per heavy atom. The lowest BCUT2D eigenvalue weighted by Crippen LogP contribution is -2.31. The summed E-state index contributed by atoms with van der Waals surface area (Å²) in [6.07, 6.45) is 0.970. The lowest BCUT2D eigenvalue weighted by atomic mass is 10.3. The summed E-state index contributed by atoms with van der Waals surface area (Å²) in [5.74, 6) is 0.761. The van der Waals surface area contributed by atoms with Crippen LogP contribution >= 0.6 is 0 Å². The van der Waals surface area contributed by atoms with Gasteiger partial charge in [-0.2, -0.15) is 0 Å². The molecule has 1 N–H and O–H groups in total. The lowest BCUT2D eigenvalue weighted by Gasteiger charge is -2.23. The number of nitrogens with one attached hydrogen (secondary N) is 1. The van der Waals surface area contributed by atoms with Crippen LogP contribution in [-0.4, -0.2) is 48.7 Å². The van der Waals surface area contributed by atoms with Gasteiger partial charge in [-0.05, 0) is 18.6 Å². The number of hydrogen-bond acceptors (Lipinski definition) is 6. The van der Waals surface area contributed by atoms with E-state index >= 15 is 0 Å². The zero-order valence-electron chi connectivity index (χ0n) is 12.7. The zero-order valence-corrected chi connectivity index (χ0v) is 13.5. The Morgan fingerprint density at radius 3 is 2.59 bits per heavy atom. The molecule has 1 fully saturated rings. The highest BCUT2D eigenvalue weighted by molar-refractivity contribution is 7.89. The number of rotatable bonds is 7. The number of benzene rings is 1. The van der Waals surface area contributed by atoms with E-state index in [1.165, 1.54) is 26.4 Å². The van der Waals surface area contributed by atoms with Crippen LogP contribution in [0.1, 0.15) is 12.8 Å². The first-order valence-electron chi connectivity index (χ1n) is 7.01. The molecule has 0 unspecified atom stereocenters. The van der Waals surface area contributed by atoms with Crippen molar-refractivity contribution in [2.45, 2.75) is 24.0 Å². The van der Waals surface area contributed by atoms with Gasteiger partial charge >= 0.3 is 0 Å². The second-order valence-electron chi connectivity index (χ2n) is 4.73. The van der Waals surface area contributed by atoms with Crippen LogP contribution in [0.3, 0.4) is 0 Å². The number of sulfonamides is 1. The van der Waals surface area contributed by atoms with Gasteiger partial charge in [0.05, 0.1) is 27.4 Å². The van der Waals surface area contributed by atoms with Crippen LogP contribution in [0.15, 0.2) is 23.1 Å². The predicted octanol–water partition coefficient (Wildman–Crippen LogP) is 1.14. The summed E-state index contributed by atoms with van der Waals surface area (Å²) < 4.78 is 48.1. The van der Waals surface area contributed by atoms with Crippen molar-refractivity contribution in [1.82, 2.24) is 4.72 Å².